The molecule has 3 aromatic heterocycles. The maximum absolute atomic E-state index is 13.2. The van der Waals surface area contributed by atoms with Crippen LogP contribution in [0.2, 0.25) is 0 Å². The van der Waals surface area contributed by atoms with Crippen LogP contribution < -0.4 is 10.6 Å². The minimum atomic E-state index is -4.49. The number of amides is 1. The van der Waals surface area contributed by atoms with Crippen LogP contribution in [0.5, 0.6) is 0 Å². The van der Waals surface area contributed by atoms with Crippen molar-refractivity contribution in [2.75, 3.05) is 43.4 Å². The Morgan fingerprint density at radius 1 is 1.20 bits per heavy atom. The molecule has 3 aromatic rings. The third-order valence-corrected chi connectivity index (χ3v) is 9.49. The van der Waals surface area contributed by atoms with Gasteiger partial charge in [0.15, 0.2) is 9.34 Å². The maximum atomic E-state index is 13.2. The summed E-state index contributed by atoms with van der Waals surface area (Å²) in [7, 11) is -3.72. The first-order valence-electron chi connectivity index (χ1n) is 10.5. The van der Waals surface area contributed by atoms with Crippen molar-refractivity contribution in [3.63, 3.8) is 0 Å². The van der Waals surface area contributed by atoms with E-state index in [0.717, 1.165) is 34.4 Å². The van der Waals surface area contributed by atoms with E-state index in [1.165, 1.54) is 17.4 Å². The van der Waals surface area contributed by atoms with Gasteiger partial charge in [-0.25, -0.2) is 23.4 Å². The fourth-order valence-corrected chi connectivity index (χ4v) is 7.32. The van der Waals surface area contributed by atoms with E-state index in [2.05, 4.69) is 30.5 Å². The van der Waals surface area contributed by atoms with Crippen molar-refractivity contribution >= 4 is 59.8 Å². The largest absolute Gasteiger partial charge is 0.419 e. The van der Waals surface area contributed by atoms with Crippen molar-refractivity contribution in [1.82, 2.24) is 24.2 Å². The summed E-state index contributed by atoms with van der Waals surface area (Å²) >= 11 is 1.84. The predicted octanol–water partition coefficient (Wildman–Crippen LogP) is 2.93. The molecule has 1 amide bonds. The summed E-state index contributed by atoms with van der Waals surface area (Å²) in [5.74, 6) is 0.00611. The molecule has 0 radical (unpaired) electrons. The topological polar surface area (TPSA) is 120 Å². The number of nitrogens with one attached hydrogen (secondary N) is 2. The molecule has 4 heterocycles. The first-order chi connectivity index (χ1) is 16.4. The molecule has 1 aliphatic heterocycles. The number of hydrogen-bond acceptors (Lipinski definition) is 10. The zero-order valence-corrected chi connectivity index (χ0v) is 21.1. The molecule has 35 heavy (non-hydrogen) atoms. The van der Waals surface area contributed by atoms with Gasteiger partial charge in [-0.1, -0.05) is 11.3 Å². The van der Waals surface area contributed by atoms with E-state index in [0.29, 0.717) is 30.2 Å². The number of piperazine rings is 1. The van der Waals surface area contributed by atoms with Gasteiger partial charge in [-0.3, -0.25) is 9.69 Å². The van der Waals surface area contributed by atoms with Crippen LogP contribution in [0.4, 0.5) is 24.1 Å². The molecule has 2 N–H and O–H groups in total. The SMILES string of the molecule is CC(=O)Nc1ncc(S(=O)(=O)N2CCN(C[C@H](C)Nc3ncnc4c(C(F)(F)F)csc34)CC2)s1. The summed E-state index contributed by atoms with van der Waals surface area (Å²) in [6, 6.07) is -0.158. The summed E-state index contributed by atoms with van der Waals surface area (Å²) in [6.07, 6.45) is -2.14. The number of alkyl halides is 3. The lowest BCUT2D eigenvalue weighted by molar-refractivity contribution is -0.136. The second-order valence-electron chi connectivity index (χ2n) is 7.96. The van der Waals surface area contributed by atoms with Crippen LogP contribution in [0.3, 0.4) is 0 Å². The molecule has 16 heteroatoms. The molecule has 0 spiro atoms. The van der Waals surface area contributed by atoms with E-state index in [-0.39, 0.29) is 39.9 Å². The highest BCUT2D eigenvalue weighted by Crippen LogP contribution is 2.39. The summed E-state index contributed by atoms with van der Waals surface area (Å²) in [5, 5.41) is 6.90. The first-order valence-corrected chi connectivity index (χ1v) is 13.6. The molecule has 0 bridgehead atoms. The van der Waals surface area contributed by atoms with E-state index in [1.54, 1.807) is 0 Å². The lowest BCUT2D eigenvalue weighted by atomic mass is 10.2. The zero-order valence-electron chi connectivity index (χ0n) is 18.7. The Balaban J connectivity index is 1.35. The minimum Gasteiger partial charge on any atom is -0.365 e. The number of halogens is 3. The van der Waals surface area contributed by atoms with Crippen molar-refractivity contribution in [3.05, 3.63) is 23.5 Å². The average molecular weight is 550 g/mol. The van der Waals surface area contributed by atoms with Crippen molar-refractivity contribution in [2.45, 2.75) is 30.3 Å². The summed E-state index contributed by atoms with van der Waals surface area (Å²) in [5.41, 5.74) is -0.909. The first kappa shape index (κ1) is 25.7. The third kappa shape index (κ3) is 5.72. The number of carbonyl (C=O) groups is 1. The monoisotopic (exact) mass is 549 g/mol. The molecule has 190 valence electrons. The van der Waals surface area contributed by atoms with Gasteiger partial charge in [-0.05, 0) is 6.92 Å². The third-order valence-electron chi connectivity index (χ3n) is 5.27. The molecule has 0 aromatic carbocycles. The molecule has 1 aliphatic rings. The minimum absolute atomic E-state index is 0.0617. The summed E-state index contributed by atoms with van der Waals surface area (Å²) < 4.78 is 67.2. The van der Waals surface area contributed by atoms with Crippen LogP contribution in [0.15, 0.2) is 22.1 Å². The standard InChI is InChI=1S/C19H22F3N7O3S3/c1-11(26-17-16-15(24-10-25-17)13(9-33-16)19(20,21)22)8-28-3-5-29(6-4-28)35(31,32)14-7-23-18(34-14)27-12(2)30/h7,9-11H,3-6,8H2,1-2H3,(H,23,27,30)(H,24,25,26)/t11-/m0/s1. The van der Waals surface area contributed by atoms with Gasteiger partial charge in [0.05, 0.1) is 22.0 Å². The van der Waals surface area contributed by atoms with Gasteiger partial charge in [0.25, 0.3) is 10.0 Å². The molecule has 0 saturated carbocycles. The molecular formula is C19H22F3N7O3S3. The molecule has 1 saturated heterocycles. The number of thiophene rings is 1. The fourth-order valence-electron chi connectivity index (χ4n) is 3.69. The van der Waals surface area contributed by atoms with Gasteiger partial charge in [0, 0.05) is 51.1 Å². The number of carbonyl (C=O) groups excluding carboxylic acids is 1. The normalized spacial score (nSPS) is 16.9. The lowest BCUT2D eigenvalue weighted by Crippen LogP contribution is -2.50. The highest BCUT2D eigenvalue weighted by atomic mass is 32.2. The molecular weight excluding hydrogens is 527 g/mol. The summed E-state index contributed by atoms with van der Waals surface area (Å²) in [4.78, 5) is 25.1. The Bertz CT molecular complexity index is 1320. The number of aromatic nitrogens is 3. The number of nitrogens with zero attached hydrogens (tertiary/aromatic N) is 5. The number of fused-ring (bicyclic) bond motifs is 1. The van der Waals surface area contributed by atoms with Crippen LogP contribution in [-0.2, 0) is 21.0 Å². The van der Waals surface area contributed by atoms with Gasteiger partial charge in [-0.2, -0.15) is 17.5 Å². The fraction of sp³-hybridized carbons (Fsp3) is 0.474. The highest BCUT2D eigenvalue weighted by molar-refractivity contribution is 7.91. The molecule has 10 nitrogen and oxygen atoms in total. The Morgan fingerprint density at radius 3 is 2.57 bits per heavy atom. The number of thiazole rings is 1. The van der Waals surface area contributed by atoms with Crippen LogP contribution in [0.1, 0.15) is 19.4 Å². The van der Waals surface area contributed by atoms with Crippen LogP contribution >= 0.6 is 22.7 Å². The molecule has 1 atom stereocenters. The van der Waals surface area contributed by atoms with Crippen molar-refractivity contribution < 1.29 is 26.4 Å². The Hall–Kier alpha value is -2.40. The van der Waals surface area contributed by atoms with E-state index >= 15 is 0 Å². The Labute approximate surface area is 207 Å². The predicted molar refractivity (Wildman–Crippen MR) is 127 cm³/mol. The average Bonchev–Trinajstić information content (AvgIpc) is 3.41. The van der Waals surface area contributed by atoms with E-state index in [9.17, 15) is 26.4 Å². The maximum Gasteiger partial charge on any atom is 0.419 e. The quantitative estimate of drug-likeness (QED) is 0.462. The van der Waals surface area contributed by atoms with Crippen molar-refractivity contribution in [1.29, 1.82) is 0 Å². The Morgan fingerprint density at radius 2 is 1.91 bits per heavy atom. The molecule has 4 rings (SSSR count). The number of rotatable bonds is 7. The second-order valence-corrected chi connectivity index (χ2v) is 12.0. The lowest BCUT2D eigenvalue weighted by Gasteiger charge is -2.35. The molecule has 0 unspecified atom stereocenters. The van der Waals surface area contributed by atoms with Gasteiger partial charge in [0.2, 0.25) is 5.91 Å². The van der Waals surface area contributed by atoms with Gasteiger partial charge in [0.1, 0.15) is 12.1 Å². The van der Waals surface area contributed by atoms with Crippen LogP contribution in [0.25, 0.3) is 10.2 Å². The van der Waals surface area contributed by atoms with Crippen LogP contribution in [0, 0.1) is 0 Å². The van der Waals surface area contributed by atoms with Crippen molar-refractivity contribution in [3.8, 4) is 0 Å². The number of sulfonamides is 1. The van der Waals surface area contributed by atoms with E-state index < -0.39 is 21.8 Å². The van der Waals surface area contributed by atoms with Gasteiger partial charge in [-0.15, -0.1) is 11.3 Å². The van der Waals surface area contributed by atoms with Gasteiger partial charge >= 0.3 is 6.18 Å². The number of anilines is 2. The van der Waals surface area contributed by atoms with Gasteiger partial charge < -0.3 is 10.6 Å². The summed E-state index contributed by atoms with van der Waals surface area (Å²) in [6.45, 7) is 5.27. The molecule has 1 fully saturated rings. The van der Waals surface area contributed by atoms with Crippen LogP contribution in [-0.4, -0.2) is 77.2 Å². The number of hydrogen-bond donors (Lipinski definition) is 2. The molecule has 0 aliphatic carbocycles. The van der Waals surface area contributed by atoms with E-state index in [1.807, 2.05) is 6.92 Å². The highest BCUT2D eigenvalue weighted by Gasteiger charge is 2.35. The van der Waals surface area contributed by atoms with E-state index in [4.69, 9.17) is 0 Å². The second kappa shape index (κ2) is 9.93. The Kier molecular flexibility index (Phi) is 7.28. The van der Waals surface area contributed by atoms with Crippen molar-refractivity contribution in [2.24, 2.45) is 0 Å². The zero-order chi connectivity index (χ0) is 25.4. The smallest absolute Gasteiger partial charge is 0.365 e.